The summed E-state index contributed by atoms with van der Waals surface area (Å²) < 4.78 is 5.27. The largest absolute Gasteiger partial charge is 0.504 e. The highest BCUT2D eigenvalue weighted by atomic mass is 16.5. The summed E-state index contributed by atoms with van der Waals surface area (Å²) in [5, 5.41) is 9.68. The average molecular weight is 342 g/mol. The van der Waals surface area contributed by atoms with Gasteiger partial charge in [0, 0.05) is 44.4 Å². The molecule has 25 heavy (non-hydrogen) atoms. The predicted molar refractivity (Wildman–Crippen MR) is 93.6 cm³/mol. The van der Waals surface area contributed by atoms with Crippen LogP contribution in [0.15, 0.2) is 42.7 Å². The third kappa shape index (κ3) is 5.31. The van der Waals surface area contributed by atoms with Gasteiger partial charge in [0.2, 0.25) is 5.91 Å². The lowest BCUT2D eigenvalue weighted by Crippen LogP contribution is -2.26. The van der Waals surface area contributed by atoms with Gasteiger partial charge < -0.3 is 14.7 Å². The lowest BCUT2D eigenvalue weighted by atomic mass is 10.1. The molecule has 6 nitrogen and oxygen atoms in total. The zero-order chi connectivity index (χ0) is 18.2. The van der Waals surface area contributed by atoms with Crippen LogP contribution >= 0.6 is 0 Å². The molecule has 6 heteroatoms. The first-order valence-corrected chi connectivity index (χ1v) is 8.13. The minimum atomic E-state index is -0.163. The highest BCUT2D eigenvalue weighted by Crippen LogP contribution is 2.27. The fraction of sp³-hybridized carbons (Fsp3) is 0.316. The summed E-state index contributed by atoms with van der Waals surface area (Å²) in [6, 6.07) is 8.18. The van der Waals surface area contributed by atoms with Gasteiger partial charge in [-0.3, -0.25) is 14.6 Å². The van der Waals surface area contributed by atoms with Crippen molar-refractivity contribution in [2.24, 2.45) is 0 Å². The molecular weight excluding hydrogens is 320 g/mol. The predicted octanol–water partition coefficient (Wildman–Crippen LogP) is 2.81. The van der Waals surface area contributed by atoms with Crippen LogP contribution in [0.2, 0.25) is 0 Å². The van der Waals surface area contributed by atoms with Crippen LogP contribution in [-0.2, 0) is 11.3 Å². The first-order chi connectivity index (χ1) is 12.0. The minimum Gasteiger partial charge on any atom is -0.504 e. The van der Waals surface area contributed by atoms with Crippen molar-refractivity contribution in [1.82, 2.24) is 9.88 Å². The van der Waals surface area contributed by atoms with Crippen molar-refractivity contribution in [1.29, 1.82) is 0 Å². The second-order valence-electron chi connectivity index (χ2n) is 5.65. The van der Waals surface area contributed by atoms with Gasteiger partial charge in [-0.1, -0.05) is 6.07 Å². The third-order valence-corrected chi connectivity index (χ3v) is 3.72. The molecule has 0 bridgehead atoms. The molecule has 0 fully saturated rings. The maximum atomic E-state index is 12.3. The van der Waals surface area contributed by atoms with E-state index in [9.17, 15) is 14.7 Å². The Morgan fingerprint density at radius 3 is 2.72 bits per heavy atom. The van der Waals surface area contributed by atoms with E-state index in [-0.39, 0.29) is 36.0 Å². The Morgan fingerprint density at radius 1 is 1.24 bits per heavy atom. The number of aromatic nitrogens is 1. The van der Waals surface area contributed by atoms with E-state index in [1.165, 1.54) is 18.2 Å². The summed E-state index contributed by atoms with van der Waals surface area (Å²) in [6.07, 6.45) is 3.62. The number of carbonyl (C=O) groups excluding carboxylic acids is 2. The molecule has 0 saturated heterocycles. The Balaban J connectivity index is 1.90. The summed E-state index contributed by atoms with van der Waals surface area (Å²) >= 11 is 0. The average Bonchev–Trinajstić information content (AvgIpc) is 2.62. The van der Waals surface area contributed by atoms with Crippen molar-refractivity contribution in [2.45, 2.75) is 26.3 Å². The number of hydrogen-bond acceptors (Lipinski definition) is 5. The highest BCUT2D eigenvalue weighted by molar-refractivity contribution is 5.98. The number of phenols is 1. The SMILES string of the molecule is CCOc1cc(C(=O)CCC(=O)N(C)Cc2cccnc2)ccc1O. The van der Waals surface area contributed by atoms with Gasteiger partial charge in [-0.25, -0.2) is 0 Å². The summed E-state index contributed by atoms with van der Waals surface area (Å²) in [5.41, 5.74) is 1.36. The van der Waals surface area contributed by atoms with E-state index in [1.807, 2.05) is 12.1 Å². The Labute approximate surface area is 147 Å². The number of pyridine rings is 1. The zero-order valence-corrected chi connectivity index (χ0v) is 14.4. The van der Waals surface area contributed by atoms with E-state index in [0.717, 1.165) is 5.56 Å². The summed E-state index contributed by atoms with van der Waals surface area (Å²) in [4.78, 5) is 30.1. The lowest BCUT2D eigenvalue weighted by molar-refractivity contribution is -0.130. The number of nitrogens with zero attached hydrogens (tertiary/aromatic N) is 2. The van der Waals surface area contributed by atoms with Crippen molar-refractivity contribution in [2.75, 3.05) is 13.7 Å². The molecule has 0 unspecified atom stereocenters. The molecule has 1 amide bonds. The van der Waals surface area contributed by atoms with Gasteiger partial charge in [-0.05, 0) is 36.8 Å². The molecule has 1 aromatic carbocycles. The molecule has 2 aromatic rings. The topological polar surface area (TPSA) is 79.7 Å². The second-order valence-corrected chi connectivity index (χ2v) is 5.65. The molecule has 0 spiro atoms. The van der Waals surface area contributed by atoms with E-state index < -0.39 is 0 Å². The highest BCUT2D eigenvalue weighted by Gasteiger charge is 2.15. The van der Waals surface area contributed by atoms with E-state index in [1.54, 1.807) is 31.3 Å². The Morgan fingerprint density at radius 2 is 2.04 bits per heavy atom. The number of ether oxygens (including phenoxy) is 1. The number of ketones is 1. The number of benzene rings is 1. The molecular formula is C19H22N2O4. The van der Waals surface area contributed by atoms with Gasteiger partial charge in [0.1, 0.15) is 0 Å². The van der Waals surface area contributed by atoms with E-state index in [2.05, 4.69) is 4.98 Å². The monoisotopic (exact) mass is 342 g/mol. The molecule has 132 valence electrons. The normalized spacial score (nSPS) is 10.3. The van der Waals surface area contributed by atoms with Crippen LogP contribution in [0.5, 0.6) is 11.5 Å². The summed E-state index contributed by atoms with van der Waals surface area (Å²) in [7, 11) is 1.70. The van der Waals surface area contributed by atoms with E-state index in [4.69, 9.17) is 4.74 Å². The van der Waals surface area contributed by atoms with Crippen LogP contribution in [0.1, 0.15) is 35.7 Å². The van der Waals surface area contributed by atoms with Crippen LogP contribution in [0.4, 0.5) is 0 Å². The van der Waals surface area contributed by atoms with Crippen LogP contribution in [0, 0.1) is 0 Å². The van der Waals surface area contributed by atoms with Crippen molar-refractivity contribution < 1.29 is 19.4 Å². The van der Waals surface area contributed by atoms with Gasteiger partial charge >= 0.3 is 0 Å². The molecule has 0 radical (unpaired) electrons. The molecule has 1 aromatic heterocycles. The molecule has 0 aliphatic carbocycles. The van der Waals surface area contributed by atoms with Crippen LogP contribution in [0.25, 0.3) is 0 Å². The molecule has 0 aliphatic heterocycles. The number of Topliss-reactive ketones (excluding diaryl/α,β-unsaturated/α-hetero) is 1. The van der Waals surface area contributed by atoms with E-state index >= 15 is 0 Å². The number of carbonyl (C=O) groups is 2. The minimum absolute atomic E-state index is 0.00863. The smallest absolute Gasteiger partial charge is 0.223 e. The fourth-order valence-corrected chi connectivity index (χ4v) is 2.37. The first kappa shape index (κ1) is 18.4. The quantitative estimate of drug-likeness (QED) is 0.746. The standard InChI is InChI=1S/C19H22N2O4/c1-3-25-18-11-15(6-7-17(18)23)16(22)8-9-19(24)21(2)13-14-5-4-10-20-12-14/h4-7,10-12,23H,3,8-9,13H2,1-2H3. The van der Waals surface area contributed by atoms with Crippen LogP contribution < -0.4 is 4.74 Å². The number of aromatic hydroxyl groups is 1. The summed E-state index contributed by atoms with van der Waals surface area (Å²) in [6.45, 7) is 2.64. The number of rotatable bonds is 8. The molecule has 1 N–H and O–H groups in total. The van der Waals surface area contributed by atoms with Crippen molar-refractivity contribution in [3.8, 4) is 11.5 Å². The Bertz CT molecular complexity index is 731. The maximum absolute atomic E-state index is 12.3. The molecule has 1 heterocycles. The first-order valence-electron chi connectivity index (χ1n) is 8.13. The van der Waals surface area contributed by atoms with Crippen LogP contribution in [-0.4, -0.2) is 40.3 Å². The van der Waals surface area contributed by atoms with Crippen molar-refractivity contribution in [3.63, 3.8) is 0 Å². The van der Waals surface area contributed by atoms with Gasteiger partial charge in [0.15, 0.2) is 17.3 Å². The Kier molecular flexibility index (Phi) is 6.51. The molecule has 2 rings (SSSR count). The number of amides is 1. The fourth-order valence-electron chi connectivity index (χ4n) is 2.37. The van der Waals surface area contributed by atoms with Gasteiger partial charge in [0.05, 0.1) is 6.61 Å². The van der Waals surface area contributed by atoms with E-state index in [0.29, 0.717) is 18.7 Å². The third-order valence-electron chi connectivity index (χ3n) is 3.72. The maximum Gasteiger partial charge on any atom is 0.223 e. The van der Waals surface area contributed by atoms with Gasteiger partial charge in [-0.15, -0.1) is 0 Å². The lowest BCUT2D eigenvalue weighted by Gasteiger charge is -2.17. The van der Waals surface area contributed by atoms with Crippen molar-refractivity contribution in [3.05, 3.63) is 53.9 Å². The van der Waals surface area contributed by atoms with Gasteiger partial charge in [0.25, 0.3) is 0 Å². The molecule has 0 aliphatic rings. The van der Waals surface area contributed by atoms with Crippen LogP contribution in [0.3, 0.4) is 0 Å². The Hall–Kier alpha value is -2.89. The van der Waals surface area contributed by atoms with Gasteiger partial charge in [-0.2, -0.15) is 0 Å². The van der Waals surface area contributed by atoms with Crippen molar-refractivity contribution >= 4 is 11.7 Å². The summed E-state index contributed by atoms with van der Waals surface area (Å²) in [5.74, 6) is -0.0100. The zero-order valence-electron chi connectivity index (χ0n) is 14.4. The molecule has 0 saturated carbocycles. The number of hydrogen-bond donors (Lipinski definition) is 1. The number of phenolic OH excluding ortho intramolecular Hbond substituents is 1. The second kappa shape index (κ2) is 8.82. The molecule has 0 atom stereocenters.